The van der Waals surface area contributed by atoms with E-state index in [2.05, 4.69) is 5.32 Å². The first-order chi connectivity index (χ1) is 14.9. The zero-order valence-electron chi connectivity index (χ0n) is 17.9. The summed E-state index contributed by atoms with van der Waals surface area (Å²) < 4.78 is 16.4. The van der Waals surface area contributed by atoms with Crippen LogP contribution in [0.25, 0.3) is 6.08 Å². The van der Waals surface area contributed by atoms with Gasteiger partial charge in [0, 0.05) is 6.07 Å². The lowest BCUT2D eigenvalue weighted by atomic mass is 10.0. The number of ether oxygens (including phenoxy) is 3. The van der Waals surface area contributed by atoms with Crippen LogP contribution < -0.4 is 19.5 Å². The molecule has 0 aromatic heterocycles. The lowest BCUT2D eigenvalue weighted by Gasteiger charge is -2.18. The molecule has 1 unspecified atom stereocenters. The number of ketones is 1. The minimum absolute atomic E-state index is 0.123. The van der Waals surface area contributed by atoms with Crippen molar-refractivity contribution in [2.24, 2.45) is 5.92 Å². The number of rotatable bonds is 9. The second-order valence-corrected chi connectivity index (χ2v) is 7.74. The second kappa shape index (κ2) is 10.1. The van der Waals surface area contributed by atoms with Crippen molar-refractivity contribution in [1.29, 1.82) is 0 Å². The van der Waals surface area contributed by atoms with Gasteiger partial charge in [-0.1, -0.05) is 26.0 Å². The van der Waals surface area contributed by atoms with Gasteiger partial charge in [-0.05, 0) is 48.2 Å². The molecule has 31 heavy (non-hydrogen) atoms. The van der Waals surface area contributed by atoms with E-state index in [1.807, 2.05) is 26.0 Å². The SMILES string of the molecule is COc1ccc(C=C2Oc3cc(OCC(=O)NC(CO)CC(C)C)ccc3C2=O)cc1. The number of methoxy groups -OCH3 is 1. The van der Waals surface area contributed by atoms with Gasteiger partial charge in [-0.15, -0.1) is 0 Å². The lowest BCUT2D eigenvalue weighted by Crippen LogP contribution is -2.40. The van der Waals surface area contributed by atoms with Gasteiger partial charge in [-0.25, -0.2) is 0 Å². The zero-order chi connectivity index (χ0) is 22.4. The number of carbonyl (C=O) groups is 2. The minimum atomic E-state index is -0.322. The van der Waals surface area contributed by atoms with Gasteiger partial charge >= 0.3 is 0 Å². The van der Waals surface area contributed by atoms with Crippen LogP contribution in [0.4, 0.5) is 0 Å². The third-order valence-corrected chi connectivity index (χ3v) is 4.77. The second-order valence-electron chi connectivity index (χ2n) is 7.74. The molecule has 2 aromatic carbocycles. The average molecular weight is 425 g/mol. The smallest absolute Gasteiger partial charge is 0.258 e. The van der Waals surface area contributed by atoms with E-state index in [4.69, 9.17) is 14.2 Å². The normalized spacial score (nSPS) is 14.9. The lowest BCUT2D eigenvalue weighted by molar-refractivity contribution is -0.124. The van der Waals surface area contributed by atoms with Crippen LogP contribution in [-0.2, 0) is 4.79 Å². The molecular formula is C24H27NO6. The van der Waals surface area contributed by atoms with Crippen molar-refractivity contribution >= 4 is 17.8 Å². The van der Waals surface area contributed by atoms with Crippen LogP contribution in [0.15, 0.2) is 48.2 Å². The van der Waals surface area contributed by atoms with Crippen molar-refractivity contribution in [2.45, 2.75) is 26.3 Å². The molecule has 0 aliphatic carbocycles. The summed E-state index contributed by atoms with van der Waals surface area (Å²) in [5.74, 6) is 1.56. The van der Waals surface area contributed by atoms with Gasteiger partial charge < -0.3 is 24.6 Å². The summed E-state index contributed by atoms with van der Waals surface area (Å²) in [7, 11) is 1.59. The Balaban J connectivity index is 1.62. The fourth-order valence-corrected chi connectivity index (χ4v) is 3.27. The van der Waals surface area contributed by atoms with E-state index in [1.54, 1.807) is 43.5 Å². The molecule has 1 atom stereocenters. The molecule has 164 valence electrons. The summed E-state index contributed by atoms with van der Waals surface area (Å²) in [6, 6.07) is 11.8. The number of benzene rings is 2. The predicted octanol–water partition coefficient (Wildman–Crippen LogP) is 3.21. The molecule has 7 heteroatoms. The molecule has 1 aliphatic heterocycles. The molecule has 1 heterocycles. The van der Waals surface area contributed by atoms with E-state index in [0.717, 1.165) is 11.3 Å². The Morgan fingerprint density at radius 3 is 2.52 bits per heavy atom. The number of carbonyl (C=O) groups excluding carboxylic acids is 2. The Morgan fingerprint density at radius 2 is 1.87 bits per heavy atom. The van der Waals surface area contributed by atoms with Crippen molar-refractivity contribution in [1.82, 2.24) is 5.32 Å². The molecular weight excluding hydrogens is 398 g/mol. The molecule has 0 radical (unpaired) electrons. The summed E-state index contributed by atoms with van der Waals surface area (Å²) in [5.41, 5.74) is 1.25. The molecule has 0 spiro atoms. The van der Waals surface area contributed by atoms with Crippen LogP contribution >= 0.6 is 0 Å². The minimum Gasteiger partial charge on any atom is -0.497 e. The van der Waals surface area contributed by atoms with Gasteiger partial charge in [-0.3, -0.25) is 9.59 Å². The third kappa shape index (κ3) is 5.86. The quantitative estimate of drug-likeness (QED) is 0.599. The maximum atomic E-state index is 12.6. The Bertz CT molecular complexity index is 965. The predicted molar refractivity (Wildman–Crippen MR) is 116 cm³/mol. The highest BCUT2D eigenvalue weighted by molar-refractivity contribution is 6.14. The molecule has 0 fully saturated rings. The maximum absolute atomic E-state index is 12.6. The summed E-state index contributed by atoms with van der Waals surface area (Å²) in [5, 5.41) is 12.1. The molecule has 1 amide bonds. The highest BCUT2D eigenvalue weighted by Gasteiger charge is 2.27. The third-order valence-electron chi connectivity index (χ3n) is 4.77. The van der Waals surface area contributed by atoms with Gasteiger partial charge in [0.05, 0.1) is 25.3 Å². The monoisotopic (exact) mass is 425 g/mol. The van der Waals surface area contributed by atoms with Crippen LogP contribution in [0.5, 0.6) is 17.2 Å². The first-order valence-electron chi connectivity index (χ1n) is 10.1. The fourth-order valence-electron chi connectivity index (χ4n) is 3.27. The summed E-state index contributed by atoms with van der Waals surface area (Å²) in [6.07, 6.45) is 2.35. The van der Waals surface area contributed by atoms with Gasteiger partial charge in [-0.2, -0.15) is 0 Å². The molecule has 0 bridgehead atoms. The number of nitrogens with one attached hydrogen (secondary N) is 1. The topological polar surface area (TPSA) is 94.1 Å². The number of aliphatic hydroxyl groups excluding tert-OH is 1. The van der Waals surface area contributed by atoms with Crippen LogP contribution in [0.2, 0.25) is 0 Å². The number of allylic oxidation sites excluding steroid dienone is 1. The Labute approximate surface area is 181 Å². The Morgan fingerprint density at radius 1 is 1.16 bits per heavy atom. The van der Waals surface area contributed by atoms with Gasteiger partial charge in [0.25, 0.3) is 5.91 Å². The maximum Gasteiger partial charge on any atom is 0.258 e. The van der Waals surface area contributed by atoms with Crippen molar-refractivity contribution < 1.29 is 28.9 Å². The van der Waals surface area contributed by atoms with Crippen LogP contribution in [0.1, 0.15) is 36.2 Å². The van der Waals surface area contributed by atoms with E-state index in [-0.39, 0.29) is 36.7 Å². The summed E-state index contributed by atoms with van der Waals surface area (Å²) >= 11 is 0. The largest absolute Gasteiger partial charge is 0.497 e. The average Bonchev–Trinajstić information content (AvgIpc) is 3.06. The molecule has 0 saturated heterocycles. The van der Waals surface area contributed by atoms with E-state index in [0.29, 0.717) is 29.4 Å². The van der Waals surface area contributed by atoms with Crippen molar-refractivity contribution in [3.8, 4) is 17.2 Å². The number of hydrogen-bond donors (Lipinski definition) is 2. The number of amides is 1. The number of Topliss-reactive ketones (excluding diaryl/α,β-unsaturated/α-hetero) is 1. The van der Waals surface area contributed by atoms with Gasteiger partial charge in [0.15, 0.2) is 12.4 Å². The molecule has 2 N–H and O–H groups in total. The molecule has 7 nitrogen and oxygen atoms in total. The number of hydrogen-bond acceptors (Lipinski definition) is 6. The zero-order valence-corrected chi connectivity index (χ0v) is 17.9. The Kier molecular flexibility index (Phi) is 7.31. The van der Waals surface area contributed by atoms with E-state index in [9.17, 15) is 14.7 Å². The van der Waals surface area contributed by atoms with Crippen molar-refractivity contribution in [3.05, 3.63) is 59.4 Å². The van der Waals surface area contributed by atoms with Gasteiger partial charge in [0.1, 0.15) is 17.2 Å². The van der Waals surface area contributed by atoms with E-state index >= 15 is 0 Å². The van der Waals surface area contributed by atoms with Crippen LogP contribution in [0.3, 0.4) is 0 Å². The molecule has 2 aromatic rings. The first-order valence-corrected chi connectivity index (χ1v) is 10.1. The van der Waals surface area contributed by atoms with Crippen LogP contribution in [-0.4, -0.2) is 43.2 Å². The molecule has 0 saturated carbocycles. The highest BCUT2D eigenvalue weighted by Crippen LogP contribution is 2.35. The van der Waals surface area contributed by atoms with Crippen LogP contribution in [0, 0.1) is 5.92 Å². The van der Waals surface area contributed by atoms with Crippen molar-refractivity contribution in [2.75, 3.05) is 20.3 Å². The van der Waals surface area contributed by atoms with Gasteiger partial charge in [0.2, 0.25) is 5.78 Å². The highest BCUT2D eigenvalue weighted by atomic mass is 16.5. The number of fused-ring (bicyclic) bond motifs is 1. The first kappa shape index (κ1) is 22.4. The van der Waals surface area contributed by atoms with E-state index < -0.39 is 0 Å². The number of aliphatic hydroxyl groups is 1. The summed E-state index contributed by atoms with van der Waals surface area (Å²) in [4.78, 5) is 24.7. The fraction of sp³-hybridized carbons (Fsp3) is 0.333. The van der Waals surface area contributed by atoms with E-state index in [1.165, 1.54) is 0 Å². The molecule has 3 rings (SSSR count). The summed E-state index contributed by atoms with van der Waals surface area (Å²) in [6.45, 7) is 3.72. The van der Waals surface area contributed by atoms with Crippen molar-refractivity contribution in [3.63, 3.8) is 0 Å². The molecule has 1 aliphatic rings. The standard InChI is InChI=1S/C24H27NO6/c1-15(2)10-17(13-26)25-23(27)14-30-19-8-9-20-21(12-19)31-22(24(20)28)11-16-4-6-18(29-3)7-5-16/h4-9,11-12,15,17,26H,10,13-14H2,1-3H3,(H,25,27). The Hall–Kier alpha value is -3.32.